The number of aromatic nitrogens is 1. The fraction of sp³-hybridized carbons (Fsp3) is 0.500. The first-order valence-corrected chi connectivity index (χ1v) is 9.52. The molecule has 0 N–H and O–H groups in total. The molecule has 1 aromatic carbocycles. The van der Waals surface area contributed by atoms with Crippen LogP contribution in [0.25, 0.3) is 11.5 Å². The molecule has 1 aliphatic heterocycles. The van der Waals surface area contributed by atoms with Gasteiger partial charge in [0.1, 0.15) is 5.76 Å². The fourth-order valence-corrected chi connectivity index (χ4v) is 3.36. The maximum absolute atomic E-state index is 12.2. The average molecular weight is 376 g/mol. The van der Waals surface area contributed by atoms with Gasteiger partial charge >= 0.3 is 0 Å². The third-order valence-corrected chi connectivity index (χ3v) is 4.88. The van der Waals surface area contributed by atoms with Gasteiger partial charge in [0.2, 0.25) is 11.8 Å². The van der Waals surface area contributed by atoms with Crippen LogP contribution in [0.5, 0.6) is 0 Å². The predicted octanol–water partition coefficient (Wildman–Crippen LogP) is 3.99. The number of carbonyl (C=O) groups is 1. The van der Waals surface area contributed by atoms with Gasteiger partial charge in [-0.3, -0.25) is 9.69 Å². The molecule has 1 saturated heterocycles. The first-order valence-electron chi connectivity index (χ1n) is 9.14. The molecule has 1 fully saturated rings. The highest BCUT2D eigenvalue weighted by Gasteiger charge is 2.23. The summed E-state index contributed by atoms with van der Waals surface area (Å²) in [7, 11) is 0. The summed E-state index contributed by atoms with van der Waals surface area (Å²) in [4.78, 5) is 21.1. The Bertz CT molecular complexity index is 764. The lowest BCUT2D eigenvalue weighted by atomic mass is 10.1. The van der Waals surface area contributed by atoms with Crippen LogP contribution < -0.4 is 0 Å². The minimum absolute atomic E-state index is 0.264. The zero-order valence-corrected chi connectivity index (χ0v) is 16.4. The van der Waals surface area contributed by atoms with Crippen molar-refractivity contribution in [2.45, 2.75) is 33.7 Å². The van der Waals surface area contributed by atoms with Crippen molar-refractivity contribution < 1.29 is 9.21 Å². The van der Waals surface area contributed by atoms with Crippen LogP contribution in [0.4, 0.5) is 0 Å². The van der Waals surface area contributed by atoms with Gasteiger partial charge < -0.3 is 9.32 Å². The Kier molecular flexibility index (Phi) is 5.99. The largest absolute Gasteiger partial charge is 0.441 e. The molecule has 2 heterocycles. The second kappa shape index (κ2) is 8.23. The summed E-state index contributed by atoms with van der Waals surface area (Å²) in [5.74, 6) is 2.10. The highest BCUT2D eigenvalue weighted by Crippen LogP contribution is 2.25. The van der Waals surface area contributed by atoms with E-state index in [1.165, 1.54) is 0 Å². The van der Waals surface area contributed by atoms with Gasteiger partial charge in [0.25, 0.3) is 0 Å². The topological polar surface area (TPSA) is 49.6 Å². The number of amides is 1. The second-order valence-corrected chi connectivity index (χ2v) is 7.72. The molecule has 26 heavy (non-hydrogen) atoms. The van der Waals surface area contributed by atoms with Crippen LogP contribution >= 0.6 is 11.6 Å². The van der Waals surface area contributed by atoms with Crippen LogP contribution in [-0.2, 0) is 11.3 Å². The summed E-state index contributed by atoms with van der Waals surface area (Å²) in [6.45, 7) is 10.1. The number of aryl methyl sites for hydroxylation is 1. The van der Waals surface area contributed by atoms with Gasteiger partial charge in [-0.25, -0.2) is 4.98 Å². The SMILES string of the molecule is Cc1oc(-c2cccc(Cl)c2)nc1CN1CCN(C(=O)CC(C)C)CC1. The molecule has 1 aromatic heterocycles. The summed E-state index contributed by atoms with van der Waals surface area (Å²) >= 11 is 6.06. The van der Waals surface area contributed by atoms with E-state index in [-0.39, 0.29) is 5.91 Å². The third kappa shape index (κ3) is 4.65. The summed E-state index contributed by atoms with van der Waals surface area (Å²) < 4.78 is 5.84. The lowest BCUT2D eigenvalue weighted by molar-refractivity contribution is -0.133. The van der Waals surface area contributed by atoms with E-state index >= 15 is 0 Å². The molecule has 2 aromatic rings. The number of benzene rings is 1. The van der Waals surface area contributed by atoms with Gasteiger partial charge in [-0.1, -0.05) is 31.5 Å². The van der Waals surface area contributed by atoms with Gasteiger partial charge in [-0.05, 0) is 31.0 Å². The third-order valence-electron chi connectivity index (χ3n) is 4.65. The van der Waals surface area contributed by atoms with Gasteiger partial charge in [0.15, 0.2) is 0 Å². The molecule has 0 atom stereocenters. The molecule has 0 saturated carbocycles. The van der Waals surface area contributed by atoms with Gasteiger partial charge in [-0.15, -0.1) is 0 Å². The molecule has 6 heteroatoms. The van der Waals surface area contributed by atoms with E-state index in [9.17, 15) is 4.79 Å². The molecule has 0 radical (unpaired) electrons. The van der Waals surface area contributed by atoms with Gasteiger partial charge in [0, 0.05) is 49.7 Å². The first-order chi connectivity index (χ1) is 12.4. The molecule has 1 amide bonds. The number of oxazole rings is 1. The highest BCUT2D eigenvalue weighted by molar-refractivity contribution is 6.30. The molecule has 5 nitrogen and oxygen atoms in total. The summed E-state index contributed by atoms with van der Waals surface area (Å²) in [5.41, 5.74) is 1.83. The van der Waals surface area contributed by atoms with Crippen LogP contribution in [0.3, 0.4) is 0 Å². The van der Waals surface area contributed by atoms with Crippen molar-refractivity contribution in [2.24, 2.45) is 5.92 Å². The van der Waals surface area contributed by atoms with E-state index in [2.05, 4.69) is 23.7 Å². The van der Waals surface area contributed by atoms with Gasteiger partial charge in [0.05, 0.1) is 5.69 Å². The lowest BCUT2D eigenvalue weighted by Crippen LogP contribution is -2.48. The van der Waals surface area contributed by atoms with E-state index in [4.69, 9.17) is 16.0 Å². The maximum atomic E-state index is 12.2. The molecule has 3 rings (SSSR count). The Hall–Kier alpha value is -1.85. The van der Waals surface area contributed by atoms with Crippen LogP contribution in [0.2, 0.25) is 5.02 Å². The Morgan fingerprint density at radius 1 is 1.27 bits per heavy atom. The molecule has 1 aliphatic rings. The standard InChI is InChI=1S/C20H26ClN3O2/c1-14(2)11-19(25)24-9-7-23(8-10-24)13-18-15(3)26-20(22-18)16-5-4-6-17(21)12-16/h4-6,12,14H,7-11,13H2,1-3H3. The maximum Gasteiger partial charge on any atom is 0.226 e. The minimum Gasteiger partial charge on any atom is -0.441 e. The fourth-order valence-electron chi connectivity index (χ4n) is 3.17. The lowest BCUT2D eigenvalue weighted by Gasteiger charge is -2.34. The van der Waals surface area contributed by atoms with Crippen molar-refractivity contribution in [1.29, 1.82) is 0 Å². The van der Waals surface area contributed by atoms with E-state index in [1.807, 2.05) is 36.1 Å². The number of halogens is 1. The summed E-state index contributed by atoms with van der Waals surface area (Å²) in [6, 6.07) is 7.53. The Morgan fingerprint density at radius 2 is 2.00 bits per heavy atom. The number of piperazine rings is 1. The number of hydrogen-bond acceptors (Lipinski definition) is 4. The first kappa shape index (κ1) is 18.9. The molecule has 140 valence electrons. The van der Waals surface area contributed by atoms with Crippen LogP contribution in [0, 0.1) is 12.8 Å². The highest BCUT2D eigenvalue weighted by atomic mass is 35.5. The van der Waals surface area contributed by atoms with E-state index in [1.54, 1.807) is 0 Å². The Labute approximate surface area is 159 Å². The zero-order chi connectivity index (χ0) is 18.7. The number of rotatable bonds is 5. The minimum atomic E-state index is 0.264. The van der Waals surface area contributed by atoms with Crippen molar-refractivity contribution in [2.75, 3.05) is 26.2 Å². The van der Waals surface area contributed by atoms with Crippen molar-refractivity contribution in [3.63, 3.8) is 0 Å². The number of nitrogens with zero attached hydrogens (tertiary/aromatic N) is 3. The van der Waals surface area contributed by atoms with Crippen molar-refractivity contribution in [3.8, 4) is 11.5 Å². The van der Waals surface area contributed by atoms with E-state index in [0.717, 1.165) is 49.7 Å². The Balaban J connectivity index is 1.60. The summed E-state index contributed by atoms with van der Waals surface area (Å²) in [5, 5.41) is 0.669. The van der Waals surface area contributed by atoms with Crippen LogP contribution in [-0.4, -0.2) is 46.9 Å². The van der Waals surface area contributed by atoms with Gasteiger partial charge in [-0.2, -0.15) is 0 Å². The zero-order valence-electron chi connectivity index (χ0n) is 15.7. The predicted molar refractivity (Wildman–Crippen MR) is 103 cm³/mol. The number of carbonyl (C=O) groups excluding carboxylic acids is 1. The quantitative estimate of drug-likeness (QED) is 0.792. The Morgan fingerprint density at radius 3 is 2.65 bits per heavy atom. The van der Waals surface area contributed by atoms with E-state index in [0.29, 0.717) is 23.3 Å². The average Bonchev–Trinajstić information content (AvgIpc) is 2.96. The smallest absolute Gasteiger partial charge is 0.226 e. The molecular formula is C20H26ClN3O2. The second-order valence-electron chi connectivity index (χ2n) is 7.29. The normalized spacial score (nSPS) is 15.7. The van der Waals surface area contributed by atoms with Crippen LogP contribution in [0.15, 0.2) is 28.7 Å². The molecule has 0 unspecified atom stereocenters. The monoisotopic (exact) mass is 375 g/mol. The van der Waals surface area contributed by atoms with Crippen LogP contribution in [0.1, 0.15) is 31.7 Å². The molecular weight excluding hydrogens is 350 g/mol. The number of hydrogen-bond donors (Lipinski definition) is 0. The van der Waals surface area contributed by atoms with E-state index < -0.39 is 0 Å². The van der Waals surface area contributed by atoms with Crippen molar-refractivity contribution in [3.05, 3.63) is 40.7 Å². The molecule has 0 bridgehead atoms. The summed E-state index contributed by atoms with van der Waals surface area (Å²) in [6.07, 6.45) is 0.630. The molecule has 0 aliphatic carbocycles. The van der Waals surface area contributed by atoms with Crippen molar-refractivity contribution >= 4 is 17.5 Å². The molecule has 0 spiro atoms. The van der Waals surface area contributed by atoms with Crippen molar-refractivity contribution in [1.82, 2.24) is 14.8 Å².